The van der Waals surface area contributed by atoms with Gasteiger partial charge in [-0.05, 0) is 17.7 Å². The number of rotatable bonds is 4. The van der Waals surface area contributed by atoms with Crippen LogP contribution in [0.2, 0.25) is 5.02 Å². The first-order valence-electron chi connectivity index (χ1n) is 6.45. The third-order valence-corrected chi connectivity index (χ3v) is 4.06. The highest BCUT2D eigenvalue weighted by Gasteiger charge is 2.07. The Labute approximate surface area is 133 Å². The van der Waals surface area contributed by atoms with Crippen molar-refractivity contribution in [3.05, 3.63) is 56.7 Å². The van der Waals surface area contributed by atoms with Crippen molar-refractivity contribution in [2.24, 2.45) is 5.73 Å². The van der Waals surface area contributed by atoms with Crippen LogP contribution in [0.3, 0.4) is 0 Å². The lowest BCUT2D eigenvalue weighted by Crippen LogP contribution is -2.24. The summed E-state index contributed by atoms with van der Waals surface area (Å²) in [5.74, 6) is 5.72. The van der Waals surface area contributed by atoms with Crippen LogP contribution >= 0.6 is 22.9 Å². The van der Waals surface area contributed by atoms with Gasteiger partial charge in [0.2, 0.25) is 5.91 Å². The number of amides is 1. The van der Waals surface area contributed by atoms with Gasteiger partial charge in [0.25, 0.3) is 0 Å². The monoisotopic (exact) mass is 318 g/mol. The van der Waals surface area contributed by atoms with E-state index >= 15 is 0 Å². The van der Waals surface area contributed by atoms with Gasteiger partial charge in [0.05, 0.1) is 19.5 Å². The number of halogens is 1. The molecule has 0 saturated heterocycles. The van der Waals surface area contributed by atoms with Crippen LogP contribution in [0.1, 0.15) is 16.0 Å². The van der Waals surface area contributed by atoms with Gasteiger partial charge in [0.1, 0.15) is 0 Å². The molecular formula is C16H15ClN2OS. The van der Waals surface area contributed by atoms with Gasteiger partial charge in [0.15, 0.2) is 0 Å². The van der Waals surface area contributed by atoms with E-state index in [1.807, 2.05) is 29.6 Å². The van der Waals surface area contributed by atoms with Crippen molar-refractivity contribution in [2.75, 3.05) is 6.54 Å². The molecule has 3 nitrogen and oxygen atoms in total. The summed E-state index contributed by atoms with van der Waals surface area (Å²) < 4.78 is 0. The molecule has 0 radical (unpaired) electrons. The van der Waals surface area contributed by atoms with Gasteiger partial charge >= 0.3 is 0 Å². The smallest absolute Gasteiger partial charge is 0.224 e. The average Bonchev–Trinajstić information content (AvgIpc) is 2.93. The molecule has 0 aliphatic carbocycles. The van der Waals surface area contributed by atoms with Crippen LogP contribution in [0.4, 0.5) is 0 Å². The Morgan fingerprint density at radius 3 is 2.95 bits per heavy atom. The van der Waals surface area contributed by atoms with E-state index in [2.05, 4.69) is 17.2 Å². The van der Waals surface area contributed by atoms with Crippen molar-refractivity contribution in [3.8, 4) is 11.8 Å². The Morgan fingerprint density at radius 2 is 2.19 bits per heavy atom. The van der Waals surface area contributed by atoms with Gasteiger partial charge in [-0.1, -0.05) is 41.6 Å². The molecule has 1 aromatic carbocycles. The van der Waals surface area contributed by atoms with E-state index in [0.29, 0.717) is 18.1 Å². The second-order valence-electron chi connectivity index (χ2n) is 4.35. The summed E-state index contributed by atoms with van der Waals surface area (Å²) in [6, 6.07) is 9.32. The number of nitrogens with two attached hydrogens (primary N) is 1. The van der Waals surface area contributed by atoms with E-state index < -0.39 is 0 Å². The molecule has 0 spiro atoms. The van der Waals surface area contributed by atoms with Gasteiger partial charge in [-0.25, -0.2) is 0 Å². The minimum atomic E-state index is -0.0499. The van der Waals surface area contributed by atoms with Crippen LogP contribution in [0.5, 0.6) is 0 Å². The van der Waals surface area contributed by atoms with Crippen LogP contribution < -0.4 is 11.1 Å². The lowest BCUT2D eigenvalue weighted by Gasteiger charge is -2.05. The number of benzene rings is 1. The van der Waals surface area contributed by atoms with Crippen LogP contribution in [0, 0.1) is 11.8 Å². The summed E-state index contributed by atoms with van der Waals surface area (Å²) in [5.41, 5.74) is 7.09. The van der Waals surface area contributed by atoms with E-state index in [0.717, 1.165) is 16.0 Å². The minimum Gasteiger partial charge on any atom is -0.351 e. The van der Waals surface area contributed by atoms with E-state index in [1.165, 1.54) is 0 Å². The van der Waals surface area contributed by atoms with Crippen molar-refractivity contribution in [1.82, 2.24) is 5.32 Å². The Morgan fingerprint density at radius 1 is 1.38 bits per heavy atom. The number of hydrogen-bond donors (Lipinski definition) is 2. The summed E-state index contributed by atoms with van der Waals surface area (Å²) in [5, 5.41) is 5.45. The number of thiophene rings is 1. The standard InChI is InChI=1S/C16H15ClN2OS/c17-15-6-2-1-5-13(15)9-16(20)19-10-14-8-12(11-21-14)4-3-7-18/h1-2,5-6,8,11H,7,9-10,18H2,(H,19,20). The Kier molecular flexibility index (Phi) is 5.82. The van der Waals surface area contributed by atoms with Crippen LogP contribution in [0.15, 0.2) is 35.7 Å². The molecule has 3 N–H and O–H groups in total. The molecule has 0 atom stereocenters. The molecule has 0 saturated carbocycles. The lowest BCUT2D eigenvalue weighted by atomic mass is 10.1. The molecule has 1 aromatic heterocycles. The predicted octanol–water partition coefficient (Wildman–Crippen LogP) is 2.57. The number of nitrogens with one attached hydrogen (secondary N) is 1. The maximum Gasteiger partial charge on any atom is 0.224 e. The molecule has 0 unspecified atom stereocenters. The highest BCUT2D eigenvalue weighted by atomic mass is 35.5. The topological polar surface area (TPSA) is 55.1 Å². The van der Waals surface area contributed by atoms with Crippen LogP contribution in [-0.2, 0) is 17.8 Å². The third kappa shape index (κ3) is 4.91. The molecule has 2 rings (SSSR count). The molecule has 0 bridgehead atoms. The second kappa shape index (κ2) is 7.84. The highest BCUT2D eigenvalue weighted by molar-refractivity contribution is 7.10. The normalized spacial score (nSPS) is 9.81. The summed E-state index contributed by atoms with van der Waals surface area (Å²) >= 11 is 7.60. The molecular weight excluding hydrogens is 304 g/mol. The van der Waals surface area contributed by atoms with Gasteiger partial charge in [0, 0.05) is 20.8 Å². The van der Waals surface area contributed by atoms with Gasteiger partial charge in [-0.3, -0.25) is 4.79 Å². The fourth-order valence-corrected chi connectivity index (χ4v) is 2.71. The Balaban J connectivity index is 1.87. The van der Waals surface area contributed by atoms with E-state index in [9.17, 15) is 4.79 Å². The molecule has 1 heterocycles. The fraction of sp³-hybridized carbons (Fsp3) is 0.188. The van der Waals surface area contributed by atoms with E-state index in [4.69, 9.17) is 17.3 Å². The first-order valence-corrected chi connectivity index (χ1v) is 7.71. The molecule has 1 amide bonds. The lowest BCUT2D eigenvalue weighted by molar-refractivity contribution is -0.120. The Bertz CT molecular complexity index is 685. The molecule has 108 valence electrons. The van der Waals surface area contributed by atoms with Gasteiger partial charge < -0.3 is 11.1 Å². The van der Waals surface area contributed by atoms with Crippen LogP contribution in [-0.4, -0.2) is 12.5 Å². The van der Waals surface area contributed by atoms with Crippen molar-refractivity contribution in [2.45, 2.75) is 13.0 Å². The molecule has 0 aliphatic heterocycles. The average molecular weight is 319 g/mol. The molecule has 0 fully saturated rings. The van der Waals surface area contributed by atoms with Crippen molar-refractivity contribution in [3.63, 3.8) is 0 Å². The highest BCUT2D eigenvalue weighted by Crippen LogP contribution is 2.16. The molecule has 0 aliphatic rings. The SMILES string of the molecule is NCC#Cc1csc(CNC(=O)Cc2ccccc2Cl)c1. The van der Waals surface area contributed by atoms with Gasteiger partial charge in [-0.15, -0.1) is 11.3 Å². The van der Waals surface area contributed by atoms with E-state index in [-0.39, 0.29) is 12.3 Å². The fourth-order valence-electron chi connectivity index (χ4n) is 1.75. The predicted molar refractivity (Wildman–Crippen MR) is 87.3 cm³/mol. The quantitative estimate of drug-likeness (QED) is 0.851. The summed E-state index contributed by atoms with van der Waals surface area (Å²) in [6.45, 7) is 0.845. The van der Waals surface area contributed by atoms with E-state index in [1.54, 1.807) is 17.4 Å². The summed E-state index contributed by atoms with van der Waals surface area (Å²) in [6.07, 6.45) is 0.283. The zero-order valence-electron chi connectivity index (χ0n) is 11.4. The third-order valence-electron chi connectivity index (χ3n) is 2.76. The summed E-state index contributed by atoms with van der Waals surface area (Å²) in [7, 11) is 0. The van der Waals surface area contributed by atoms with Gasteiger partial charge in [-0.2, -0.15) is 0 Å². The molecule has 2 aromatic rings. The number of carbonyl (C=O) groups is 1. The second-order valence-corrected chi connectivity index (χ2v) is 5.76. The zero-order chi connectivity index (χ0) is 15.1. The largest absolute Gasteiger partial charge is 0.351 e. The maximum absolute atomic E-state index is 11.9. The summed E-state index contributed by atoms with van der Waals surface area (Å²) in [4.78, 5) is 13.0. The van der Waals surface area contributed by atoms with Crippen molar-refractivity contribution >= 4 is 28.8 Å². The van der Waals surface area contributed by atoms with Crippen molar-refractivity contribution in [1.29, 1.82) is 0 Å². The number of carbonyl (C=O) groups excluding carboxylic acids is 1. The molecule has 21 heavy (non-hydrogen) atoms. The zero-order valence-corrected chi connectivity index (χ0v) is 12.9. The first-order chi connectivity index (χ1) is 10.2. The Hall–Kier alpha value is -1.80. The van der Waals surface area contributed by atoms with Crippen molar-refractivity contribution < 1.29 is 4.79 Å². The number of hydrogen-bond acceptors (Lipinski definition) is 3. The molecule has 5 heteroatoms. The minimum absolute atomic E-state index is 0.0499. The van der Waals surface area contributed by atoms with Crippen LogP contribution in [0.25, 0.3) is 0 Å². The first kappa shape index (κ1) is 15.6. The maximum atomic E-state index is 11.9.